The van der Waals surface area contributed by atoms with E-state index in [1.54, 1.807) is 0 Å². The molecule has 0 unspecified atom stereocenters. The molecule has 26 heavy (non-hydrogen) atoms. The number of benzene rings is 2. The molecule has 1 amide bonds. The summed E-state index contributed by atoms with van der Waals surface area (Å²) in [5.41, 5.74) is 2.69. The monoisotopic (exact) mass is 369 g/mol. The van der Waals surface area contributed by atoms with Crippen LogP contribution in [0, 0.1) is 5.41 Å². The highest BCUT2D eigenvalue weighted by atomic mass is 35.5. The minimum atomic E-state index is -0.391. The van der Waals surface area contributed by atoms with E-state index >= 15 is 0 Å². The third kappa shape index (κ3) is 4.07. The zero-order chi connectivity index (χ0) is 18.7. The highest BCUT2D eigenvalue weighted by Crippen LogP contribution is 2.22. The summed E-state index contributed by atoms with van der Waals surface area (Å²) in [4.78, 5) is 16.9. The van der Waals surface area contributed by atoms with E-state index in [1.165, 1.54) is 0 Å². The molecule has 0 radical (unpaired) electrons. The second-order valence-corrected chi connectivity index (χ2v) is 7.86. The van der Waals surface area contributed by atoms with Crippen LogP contribution in [0.2, 0.25) is 5.02 Å². The molecule has 1 N–H and O–H groups in total. The predicted molar refractivity (Wildman–Crippen MR) is 106 cm³/mol. The van der Waals surface area contributed by atoms with Gasteiger partial charge in [0.25, 0.3) is 0 Å². The maximum atomic E-state index is 12.1. The minimum Gasteiger partial charge on any atom is -0.355 e. The Morgan fingerprint density at radius 2 is 1.81 bits per heavy atom. The van der Waals surface area contributed by atoms with Crippen LogP contribution in [0.3, 0.4) is 0 Å². The van der Waals surface area contributed by atoms with Gasteiger partial charge in [-0.25, -0.2) is 4.98 Å². The maximum absolute atomic E-state index is 12.1. The molecule has 0 aliphatic rings. The summed E-state index contributed by atoms with van der Waals surface area (Å²) in [6.07, 6.45) is 0.668. The van der Waals surface area contributed by atoms with Gasteiger partial charge in [-0.1, -0.05) is 62.7 Å². The zero-order valence-electron chi connectivity index (χ0n) is 15.4. The van der Waals surface area contributed by atoms with Gasteiger partial charge in [0.05, 0.1) is 17.6 Å². The van der Waals surface area contributed by atoms with Crippen molar-refractivity contribution in [3.63, 3.8) is 0 Å². The van der Waals surface area contributed by atoms with E-state index < -0.39 is 5.41 Å². The summed E-state index contributed by atoms with van der Waals surface area (Å²) in [6.45, 7) is 6.95. The van der Waals surface area contributed by atoms with Crippen molar-refractivity contribution in [2.45, 2.75) is 33.7 Å². The van der Waals surface area contributed by atoms with Gasteiger partial charge in [-0.15, -0.1) is 0 Å². The Kier molecular flexibility index (Phi) is 5.33. The van der Waals surface area contributed by atoms with Gasteiger partial charge in [-0.2, -0.15) is 0 Å². The molecule has 3 rings (SSSR count). The Bertz CT molecular complexity index is 924. The van der Waals surface area contributed by atoms with E-state index in [4.69, 9.17) is 16.6 Å². The number of nitrogens with zero attached hydrogens (tertiary/aromatic N) is 2. The quantitative estimate of drug-likeness (QED) is 0.722. The van der Waals surface area contributed by atoms with Gasteiger partial charge < -0.3 is 9.88 Å². The van der Waals surface area contributed by atoms with Gasteiger partial charge in [0.15, 0.2) is 0 Å². The van der Waals surface area contributed by atoms with Crippen LogP contribution in [-0.2, 0) is 17.8 Å². The van der Waals surface area contributed by atoms with Crippen LogP contribution in [0.4, 0.5) is 0 Å². The van der Waals surface area contributed by atoms with Crippen molar-refractivity contribution < 1.29 is 4.79 Å². The SMILES string of the molecule is CC(C)(C)C(=O)NCCc1nc2ccccc2n1Cc1ccccc1Cl. The number of carbonyl (C=O) groups is 1. The van der Waals surface area contributed by atoms with Crippen LogP contribution in [0.15, 0.2) is 48.5 Å². The van der Waals surface area contributed by atoms with Crippen LogP contribution < -0.4 is 5.32 Å². The summed E-state index contributed by atoms with van der Waals surface area (Å²) in [5.74, 6) is 0.992. The molecule has 4 nitrogen and oxygen atoms in total. The lowest BCUT2D eigenvalue weighted by molar-refractivity contribution is -0.128. The molecule has 0 aliphatic carbocycles. The van der Waals surface area contributed by atoms with Crippen LogP contribution in [0.25, 0.3) is 11.0 Å². The molecule has 2 aromatic carbocycles. The number of amides is 1. The van der Waals surface area contributed by atoms with Crippen LogP contribution in [-0.4, -0.2) is 22.0 Å². The molecule has 3 aromatic rings. The number of carbonyl (C=O) groups excluding carboxylic acids is 1. The second kappa shape index (κ2) is 7.50. The molecule has 1 aromatic heterocycles. The number of halogens is 1. The van der Waals surface area contributed by atoms with Gasteiger partial charge in [0.1, 0.15) is 5.82 Å². The molecular weight excluding hydrogens is 346 g/mol. The molecule has 0 spiro atoms. The van der Waals surface area contributed by atoms with Crippen molar-refractivity contribution in [1.82, 2.24) is 14.9 Å². The fourth-order valence-corrected chi connectivity index (χ4v) is 3.04. The molecule has 136 valence electrons. The number of para-hydroxylation sites is 2. The van der Waals surface area contributed by atoms with Crippen molar-refractivity contribution in [1.29, 1.82) is 0 Å². The van der Waals surface area contributed by atoms with Gasteiger partial charge in [-0.3, -0.25) is 4.79 Å². The normalized spacial score (nSPS) is 11.7. The zero-order valence-corrected chi connectivity index (χ0v) is 16.2. The number of hydrogen-bond acceptors (Lipinski definition) is 2. The number of hydrogen-bond donors (Lipinski definition) is 1. The summed E-state index contributed by atoms with van der Waals surface area (Å²) in [6, 6.07) is 15.9. The fraction of sp³-hybridized carbons (Fsp3) is 0.333. The molecule has 5 heteroatoms. The molecule has 0 aliphatic heterocycles. The largest absolute Gasteiger partial charge is 0.355 e. The summed E-state index contributed by atoms with van der Waals surface area (Å²) in [7, 11) is 0. The highest BCUT2D eigenvalue weighted by Gasteiger charge is 2.21. The molecular formula is C21H24ClN3O. The van der Waals surface area contributed by atoms with Crippen molar-refractivity contribution in [2.24, 2.45) is 5.41 Å². The molecule has 0 bridgehead atoms. The molecule has 0 saturated heterocycles. The lowest BCUT2D eigenvalue weighted by Gasteiger charge is -2.17. The van der Waals surface area contributed by atoms with Gasteiger partial charge >= 0.3 is 0 Å². The summed E-state index contributed by atoms with van der Waals surface area (Å²) in [5, 5.41) is 3.75. The summed E-state index contributed by atoms with van der Waals surface area (Å²) < 4.78 is 2.18. The van der Waals surface area contributed by atoms with E-state index in [-0.39, 0.29) is 5.91 Å². The average Bonchev–Trinajstić information content (AvgIpc) is 2.94. The first-order chi connectivity index (χ1) is 12.4. The van der Waals surface area contributed by atoms with Crippen molar-refractivity contribution in [3.05, 3.63) is 64.9 Å². The number of nitrogens with one attached hydrogen (secondary N) is 1. The first-order valence-electron chi connectivity index (χ1n) is 8.82. The molecule has 0 fully saturated rings. The number of rotatable bonds is 5. The highest BCUT2D eigenvalue weighted by molar-refractivity contribution is 6.31. The third-order valence-electron chi connectivity index (χ3n) is 4.34. The molecule has 0 saturated carbocycles. The summed E-state index contributed by atoms with van der Waals surface area (Å²) >= 11 is 6.35. The Hall–Kier alpha value is -2.33. The fourth-order valence-electron chi connectivity index (χ4n) is 2.84. The topological polar surface area (TPSA) is 46.9 Å². The van der Waals surface area contributed by atoms with Crippen molar-refractivity contribution in [3.8, 4) is 0 Å². The lowest BCUT2D eigenvalue weighted by Crippen LogP contribution is -2.36. The van der Waals surface area contributed by atoms with E-state index in [0.29, 0.717) is 19.5 Å². The Morgan fingerprint density at radius 1 is 1.12 bits per heavy atom. The second-order valence-electron chi connectivity index (χ2n) is 7.45. The van der Waals surface area contributed by atoms with E-state index in [2.05, 4.69) is 16.0 Å². The van der Waals surface area contributed by atoms with Gasteiger partial charge in [-0.05, 0) is 23.8 Å². The number of imidazole rings is 1. The number of fused-ring (bicyclic) bond motifs is 1. The van der Waals surface area contributed by atoms with Crippen LogP contribution >= 0.6 is 11.6 Å². The Labute approximate surface area is 159 Å². The molecule has 1 heterocycles. The van der Waals surface area contributed by atoms with Gasteiger partial charge in [0.2, 0.25) is 5.91 Å². The standard InChI is InChI=1S/C21H24ClN3O/c1-21(2,3)20(26)23-13-12-19-24-17-10-6-7-11-18(17)25(19)14-15-8-4-5-9-16(15)22/h4-11H,12-14H2,1-3H3,(H,23,26). The van der Waals surface area contributed by atoms with E-state index in [1.807, 2.05) is 63.2 Å². The van der Waals surface area contributed by atoms with E-state index in [0.717, 1.165) is 27.4 Å². The van der Waals surface area contributed by atoms with Gasteiger partial charge in [0, 0.05) is 23.4 Å². The van der Waals surface area contributed by atoms with Crippen LogP contribution in [0.5, 0.6) is 0 Å². The number of aromatic nitrogens is 2. The lowest BCUT2D eigenvalue weighted by atomic mass is 9.96. The maximum Gasteiger partial charge on any atom is 0.225 e. The smallest absolute Gasteiger partial charge is 0.225 e. The van der Waals surface area contributed by atoms with Crippen LogP contribution in [0.1, 0.15) is 32.2 Å². The van der Waals surface area contributed by atoms with Crippen molar-refractivity contribution >= 4 is 28.5 Å². The predicted octanol–water partition coefficient (Wildman–Crippen LogP) is 4.44. The Balaban J connectivity index is 1.85. The third-order valence-corrected chi connectivity index (χ3v) is 4.70. The first-order valence-corrected chi connectivity index (χ1v) is 9.20. The minimum absolute atomic E-state index is 0.0475. The Morgan fingerprint density at radius 3 is 2.54 bits per heavy atom. The van der Waals surface area contributed by atoms with Crippen molar-refractivity contribution in [2.75, 3.05) is 6.54 Å². The molecule has 0 atom stereocenters. The average molecular weight is 370 g/mol. The first kappa shape index (κ1) is 18.5. The van der Waals surface area contributed by atoms with E-state index in [9.17, 15) is 4.79 Å².